The molecule has 1 atom stereocenters. The molecule has 1 amide bonds. The van der Waals surface area contributed by atoms with Crippen molar-refractivity contribution in [2.45, 2.75) is 25.5 Å². The highest BCUT2D eigenvalue weighted by atomic mass is 16.5. The summed E-state index contributed by atoms with van der Waals surface area (Å²) in [5, 5.41) is 0. The summed E-state index contributed by atoms with van der Waals surface area (Å²) in [5.41, 5.74) is 3.74. The van der Waals surface area contributed by atoms with E-state index in [1.165, 1.54) is 0 Å². The highest BCUT2D eigenvalue weighted by molar-refractivity contribution is 5.96. The van der Waals surface area contributed by atoms with Crippen LogP contribution in [0.4, 0.5) is 0 Å². The number of hydrogen-bond acceptors (Lipinski definition) is 5. The maximum atomic E-state index is 13.4. The SMILES string of the molecule is O=C(c1cnc2c(c1)ncn2-c1ccccc1)N(Cc1ccccn1)CC1CCCO1. The summed E-state index contributed by atoms with van der Waals surface area (Å²) in [6.45, 7) is 1.71. The van der Waals surface area contributed by atoms with E-state index in [1.807, 2.05) is 59.2 Å². The molecule has 1 fully saturated rings. The minimum atomic E-state index is -0.0928. The van der Waals surface area contributed by atoms with Gasteiger partial charge in [-0.3, -0.25) is 14.3 Å². The first kappa shape index (κ1) is 19.4. The lowest BCUT2D eigenvalue weighted by atomic mass is 10.2. The highest BCUT2D eigenvalue weighted by Crippen LogP contribution is 2.20. The Kier molecular flexibility index (Phi) is 5.41. The van der Waals surface area contributed by atoms with Crippen LogP contribution in [0.3, 0.4) is 0 Å². The van der Waals surface area contributed by atoms with Gasteiger partial charge < -0.3 is 9.64 Å². The molecule has 7 heteroatoms. The van der Waals surface area contributed by atoms with E-state index in [-0.39, 0.29) is 12.0 Å². The molecule has 1 aromatic carbocycles. The van der Waals surface area contributed by atoms with Crippen molar-refractivity contribution in [3.8, 4) is 5.69 Å². The van der Waals surface area contributed by atoms with Gasteiger partial charge >= 0.3 is 0 Å². The van der Waals surface area contributed by atoms with Crippen molar-refractivity contribution in [1.82, 2.24) is 24.4 Å². The topological polar surface area (TPSA) is 73.1 Å². The summed E-state index contributed by atoms with van der Waals surface area (Å²) in [7, 11) is 0. The van der Waals surface area contributed by atoms with Crippen LogP contribution < -0.4 is 0 Å². The largest absolute Gasteiger partial charge is 0.376 e. The van der Waals surface area contributed by atoms with Crippen molar-refractivity contribution in [2.24, 2.45) is 0 Å². The summed E-state index contributed by atoms with van der Waals surface area (Å²) in [4.78, 5) is 28.7. The zero-order chi connectivity index (χ0) is 21.0. The number of carbonyl (C=O) groups is 1. The average Bonchev–Trinajstić information content (AvgIpc) is 3.49. The van der Waals surface area contributed by atoms with Gasteiger partial charge in [0, 0.05) is 31.2 Å². The van der Waals surface area contributed by atoms with E-state index < -0.39 is 0 Å². The molecule has 3 aromatic heterocycles. The molecular formula is C24H23N5O2. The van der Waals surface area contributed by atoms with Crippen LogP contribution >= 0.6 is 0 Å². The second-order valence-electron chi connectivity index (χ2n) is 7.66. The predicted octanol–water partition coefficient (Wildman–Crippen LogP) is 3.64. The monoisotopic (exact) mass is 413 g/mol. The molecule has 31 heavy (non-hydrogen) atoms. The van der Waals surface area contributed by atoms with Crippen molar-refractivity contribution in [3.63, 3.8) is 0 Å². The van der Waals surface area contributed by atoms with Gasteiger partial charge in [-0.1, -0.05) is 24.3 Å². The van der Waals surface area contributed by atoms with Crippen LogP contribution in [0.1, 0.15) is 28.9 Å². The van der Waals surface area contributed by atoms with E-state index in [1.54, 1.807) is 23.6 Å². The first-order valence-electron chi connectivity index (χ1n) is 10.5. The number of benzene rings is 1. The minimum absolute atomic E-state index is 0.0571. The smallest absolute Gasteiger partial charge is 0.255 e. The molecule has 1 aliphatic heterocycles. The first-order chi connectivity index (χ1) is 15.3. The minimum Gasteiger partial charge on any atom is -0.376 e. The molecule has 1 saturated heterocycles. The maximum Gasteiger partial charge on any atom is 0.255 e. The molecule has 0 saturated carbocycles. The van der Waals surface area contributed by atoms with E-state index in [0.717, 1.165) is 36.5 Å². The molecule has 1 aliphatic rings. The van der Waals surface area contributed by atoms with E-state index in [2.05, 4.69) is 15.0 Å². The molecule has 0 radical (unpaired) electrons. The number of aromatic nitrogens is 4. The van der Waals surface area contributed by atoms with Crippen molar-refractivity contribution in [2.75, 3.05) is 13.2 Å². The van der Waals surface area contributed by atoms with Crippen LogP contribution in [0, 0.1) is 0 Å². The van der Waals surface area contributed by atoms with E-state index in [0.29, 0.717) is 24.2 Å². The number of para-hydroxylation sites is 1. The zero-order valence-corrected chi connectivity index (χ0v) is 17.1. The number of fused-ring (bicyclic) bond motifs is 1. The lowest BCUT2D eigenvalue weighted by Crippen LogP contribution is -2.37. The van der Waals surface area contributed by atoms with E-state index >= 15 is 0 Å². The van der Waals surface area contributed by atoms with Gasteiger partial charge in [-0.25, -0.2) is 9.97 Å². The number of rotatable bonds is 6. The van der Waals surface area contributed by atoms with Gasteiger partial charge in [0.2, 0.25) is 0 Å². The van der Waals surface area contributed by atoms with Gasteiger partial charge in [0.1, 0.15) is 11.8 Å². The van der Waals surface area contributed by atoms with Gasteiger partial charge in [0.25, 0.3) is 5.91 Å². The number of amides is 1. The maximum absolute atomic E-state index is 13.4. The summed E-state index contributed by atoms with van der Waals surface area (Å²) in [6.07, 6.45) is 7.16. The molecule has 0 N–H and O–H groups in total. The van der Waals surface area contributed by atoms with Crippen LogP contribution in [-0.4, -0.2) is 49.6 Å². The average molecular weight is 413 g/mol. The van der Waals surface area contributed by atoms with Crippen LogP contribution in [0.5, 0.6) is 0 Å². The molecule has 0 aliphatic carbocycles. The summed E-state index contributed by atoms with van der Waals surface area (Å²) >= 11 is 0. The summed E-state index contributed by atoms with van der Waals surface area (Å²) in [5.74, 6) is -0.0928. The van der Waals surface area contributed by atoms with Gasteiger partial charge in [0.15, 0.2) is 5.65 Å². The molecule has 4 aromatic rings. The van der Waals surface area contributed by atoms with Crippen molar-refractivity contribution >= 4 is 17.1 Å². The Balaban J connectivity index is 1.43. The van der Waals surface area contributed by atoms with Gasteiger partial charge in [-0.15, -0.1) is 0 Å². The van der Waals surface area contributed by atoms with E-state index in [4.69, 9.17) is 4.74 Å². The molecule has 1 unspecified atom stereocenters. The number of ether oxygens (including phenoxy) is 1. The fourth-order valence-electron chi connectivity index (χ4n) is 3.92. The number of imidazole rings is 1. The molecule has 0 bridgehead atoms. The third kappa shape index (κ3) is 4.18. The Bertz CT molecular complexity index is 1170. The molecule has 7 nitrogen and oxygen atoms in total. The highest BCUT2D eigenvalue weighted by Gasteiger charge is 2.24. The van der Waals surface area contributed by atoms with Crippen molar-refractivity contribution < 1.29 is 9.53 Å². The Hall–Kier alpha value is -3.58. The lowest BCUT2D eigenvalue weighted by Gasteiger charge is -2.25. The van der Waals surface area contributed by atoms with Gasteiger partial charge in [-0.2, -0.15) is 0 Å². The Morgan fingerprint density at radius 1 is 1.10 bits per heavy atom. The normalized spacial score (nSPS) is 15.9. The standard InChI is InChI=1S/C24H23N5O2/c30-24(28(16-21-10-6-12-31-21)15-19-7-4-5-11-25-19)18-13-22-23(26-14-18)29(17-27-22)20-8-2-1-3-9-20/h1-5,7-9,11,13-14,17,21H,6,10,12,15-16H2. The fourth-order valence-corrected chi connectivity index (χ4v) is 3.92. The molecule has 0 spiro atoms. The van der Waals surface area contributed by atoms with Gasteiger partial charge in [0.05, 0.1) is 23.9 Å². The molecule has 4 heterocycles. The Labute approximate surface area is 180 Å². The third-order valence-corrected chi connectivity index (χ3v) is 5.48. The Morgan fingerprint density at radius 3 is 2.74 bits per heavy atom. The quantitative estimate of drug-likeness (QED) is 0.483. The Morgan fingerprint density at radius 2 is 1.97 bits per heavy atom. The predicted molar refractivity (Wildman–Crippen MR) is 117 cm³/mol. The van der Waals surface area contributed by atoms with Crippen LogP contribution in [-0.2, 0) is 11.3 Å². The van der Waals surface area contributed by atoms with Crippen LogP contribution in [0.15, 0.2) is 73.3 Å². The number of hydrogen-bond donors (Lipinski definition) is 0. The second kappa shape index (κ2) is 8.65. The molecular weight excluding hydrogens is 390 g/mol. The summed E-state index contributed by atoms with van der Waals surface area (Å²) < 4.78 is 7.70. The van der Waals surface area contributed by atoms with Gasteiger partial charge in [-0.05, 0) is 43.2 Å². The second-order valence-corrected chi connectivity index (χ2v) is 7.66. The number of pyridine rings is 2. The number of nitrogens with zero attached hydrogens (tertiary/aromatic N) is 5. The van der Waals surface area contributed by atoms with Crippen molar-refractivity contribution in [3.05, 3.63) is 84.6 Å². The van der Waals surface area contributed by atoms with Crippen molar-refractivity contribution in [1.29, 1.82) is 0 Å². The zero-order valence-electron chi connectivity index (χ0n) is 17.1. The molecule has 5 rings (SSSR count). The lowest BCUT2D eigenvalue weighted by molar-refractivity contribution is 0.0504. The fraction of sp³-hybridized carbons (Fsp3) is 0.250. The van der Waals surface area contributed by atoms with Crippen LogP contribution in [0.25, 0.3) is 16.9 Å². The summed E-state index contributed by atoms with van der Waals surface area (Å²) in [6, 6.07) is 17.5. The molecule has 156 valence electrons. The third-order valence-electron chi connectivity index (χ3n) is 5.48. The number of carbonyl (C=O) groups excluding carboxylic acids is 1. The van der Waals surface area contributed by atoms with E-state index in [9.17, 15) is 4.79 Å². The van der Waals surface area contributed by atoms with Crippen LogP contribution in [0.2, 0.25) is 0 Å². The first-order valence-corrected chi connectivity index (χ1v) is 10.5.